The fourth-order valence-corrected chi connectivity index (χ4v) is 3.36. The molecule has 7 nitrogen and oxygen atoms in total. The molecule has 0 heterocycles. The van der Waals surface area contributed by atoms with Crippen molar-refractivity contribution in [2.75, 3.05) is 26.4 Å². The Hall–Kier alpha value is -2.42. The Kier molecular flexibility index (Phi) is 8.40. The molecule has 0 aliphatic rings. The average molecular weight is 452 g/mol. The number of sulfonamides is 1. The minimum absolute atomic E-state index is 0.115. The molecule has 162 valence electrons. The molecule has 0 unspecified atom stereocenters. The summed E-state index contributed by atoms with van der Waals surface area (Å²) in [4.78, 5) is 27.6. The van der Waals surface area contributed by atoms with Crippen LogP contribution in [0.5, 0.6) is 0 Å². The Morgan fingerprint density at radius 3 is 2.20 bits per heavy atom. The molecule has 0 radical (unpaired) electrons. The van der Waals surface area contributed by atoms with Gasteiger partial charge in [0.1, 0.15) is 6.04 Å². The third kappa shape index (κ3) is 6.55. The van der Waals surface area contributed by atoms with Crippen molar-refractivity contribution in [1.82, 2.24) is 14.5 Å². The van der Waals surface area contributed by atoms with Crippen molar-refractivity contribution in [3.8, 4) is 0 Å². The summed E-state index contributed by atoms with van der Waals surface area (Å²) in [6.07, 6.45) is 1.03. The zero-order chi connectivity index (χ0) is 22.3. The standard InChI is InChI=1S/C21H26ClN3O4S/c1-4-23-21(27)20(17-8-6-5-7-9-17)25(14-16-10-12-18(22)13-11-16)19(26)15-24(2)30(3,28)29/h5-13,20H,4,14-15H2,1-3H3,(H,23,27)/t20-/m0/s1. The highest BCUT2D eigenvalue weighted by molar-refractivity contribution is 7.88. The monoisotopic (exact) mass is 451 g/mol. The van der Waals surface area contributed by atoms with E-state index >= 15 is 0 Å². The molecule has 2 amide bonds. The van der Waals surface area contributed by atoms with E-state index in [0.29, 0.717) is 17.1 Å². The van der Waals surface area contributed by atoms with E-state index < -0.39 is 22.0 Å². The SMILES string of the molecule is CCNC(=O)[C@H](c1ccccc1)N(Cc1ccc(Cl)cc1)C(=O)CN(C)S(C)(=O)=O. The lowest BCUT2D eigenvalue weighted by molar-refractivity contribution is -0.141. The molecule has 2 rings (SSSR count). The van der Waals surface area contributed by atoms with Gasteiger partial charge in [0.2, 0.25) is 21.8 Å². The van der Waals surface area contributed by atoms with Crippen LogP contribution in [-0.4, -0.2) is 55.8 Å². The third-order valence-electron chi connectivity index (χ3n) is 4.54. The first kappa shape index (κ1) is 23.9. The second-order valence-corrected chi connectivity index (χ2v) is 9.40. The maximum absolute atomic E-state index is 13.2. The van der Waals surface area contributed by atoms with E-state index in [2.05, 4.69) is 5.32 Å². The fraction of sp³-hybridized carbons (Fsp3) is 0.333. The number of carbonyl (C=O) groups is 2. The molecule has 0 aromatic heterocycles. The van der Waals surface area contributed by atoms with Crippen LogP contribution in [-0.2, 0) is 26.2 Å². The molecule has 1 N–H and O–H groups in total. The number of halogens is 1. The lowest BCUT2D eigenvalue weighted by Crippen LogP contribution is -2.47. The summed E-state index contributed by atoms with van der Waals surface area (Å²) in [5, 5.41) is 3.32. The van der Waals surface area contributed by atoms with Gasteiger partial charge in [-0.3, -0.25) is 9.59 Å². The van der Waals surface area contributed by atoms with Crippen molar-refractivity contribution >= 4 is 33.4 Å². The van der Waals surface area contributed by atoms with Gasteiger partial charge in [0.25, 0.3) is 0 Å². The van der Waals surface area contributed by atoms with Crippen LogP contribution in [0.4, 0.5) is 0 Å². The van der Waals surface area contributed by atoms with Crippen LogP contribution in [0.3, 0.4) is 0 Å². The molecule has 0 fully saturated rings. The molecule has 9 heteroatoms. The largest absolute Gasteiger partial charge is 0.354 e. The van der Waals surface area contributed by atoms with E-state index in [0.717, 1.165) is 16.1 Å². The molecule has 0 spiro atoms. The number of nitrogens with zero attached hydrogens (tertiary/aromatic N) is 2. The first-order valence-electron chi connectivity index (χ1n) is 9.41. The molecule has 0 saturated carbocycles. The van der Waals surface area contributed by atoms with Crippen LogP contribution in [0.15, 0.2) is 54.6 Å². The maximum Gasteiger partial charge on any atom is 0.247 e. The molecular formula is C21H26ClN3O4S. The highest BCUT2D eigenvalue weighted by atomic mass is 35.5. The molecule has 1 atom stereocenters. The van der Waals surface area contributed by atoms with Crippen molar-refractivity contribution in [2.45, 2.75) is 19.5 Å². The highest BCUT2D eigenvalue weighted by Gasteiger charge is 2.32. The van der Waals surface area contributed by atoms with Gasteiger partial charge in [-0.15, -0.1) is 0 Å². The number of hydrogen-bond donors (Lipinski definition) is 1. The topological polar surface area (TPSA) is 86.8 Å². The molecule has 0 aliphatic heterocycles. The Bertz CT molecular complexity index is 966. The Labute approximate surface area is 182 Å². The summed E-state index contributed by atoms with van der Waals surface area (Å²) >= 11 is 5.96. The van der Waals surface area contributed by atoms with E-state index in [4.69, 9.17) is 11.6 Å². The normalized spacial score (nSPS) is 12.4. The predicted molar refractivity (Wildman–Crippen MR) is 117 cm³/mol. The summed E-state index contributed by atoms with van der Waals surface area (Å²) in [6.45, 7) is 1.93. The van der Waals surface area contributed by atoms with Crippen LogP contribution < -0.4 is 5.32 Å². The predicted octanol–water partition coefficient (Wildman–Crippen LogP) is 2.44. The van der Waals surface area contributed by atoms with Crippen LogP contribution in [0.1, 0.15) is 24.1 Å². The summed E-state index contributed by atoms with van der Waals surface area (Å²) in [6, 6.07) is 14.9. The first-order valence-corrected chi connectivity index (χ1v) is 11.6. The van der Waals surface area contributed by atoms with E-state index in [-0.39, 0.29) is 19.0 Å². The number of rotatable bonds is 9. The van der Waals surface area contributed by atoms with Gasteiger partial charge in [0.15, 0.2) is 0 Å². The van der Waals surface area contributed by atoms with Crippen molar-refractivity contribution in [1.29, 1.82) is 0 Å². The van der Waals surface area contributed by atoms with Crippen LogP contribution >= 0.6 is 11.6 Å². The number of benzene rings is 2. The quantitative estimate of drug-likeness (QED) is 0.634. The van der Waals surface area contributed by atoms with Gasteiger partial charge in [-0.25, -0.2) is 8.42 Å². The number of hydrogen-bond acceptors (Lipinski definition) is 4. The molecule has 30 heavy (non-hydrogen) atoms. The third-order valence-corrected chi connectivity index (χ3v) is 6.05. The Balaban J connectivity index is 2.47. The molecule has 2 aromatic rings. The zero-order valence-electron chi connectivity index (χ0n) is 17.2. The van der Waals surface area contributed by atoms with Gasteiger partial charge in [-0.05, 0) is 30.2 Å². The first-order chi connectivity index (χ1) is 14.1. The Morgan fingerprint density at radius 1 is 1.07 bits per heavy atom. The van der Waals surface area contributed by atoms with E-state index in [1.165, 1.54) is 11.9 Å². The van der Waals surface area contributed by atoms with Gasteiger partial charge in [-0.1, -0.05) is 54.1 Å². The van der Waals surface area contributed by atoms with E-state index in [1.54, 1.807) is 55.5 Å². The number of carbonyl (C=O) groups excluding carboxylic acids is 2. The summed E-state index contributed by atoms with van der Waals surface area (Å²) in [5.41, 5.74) is 1.40. The van der Waals surface area contributed by atoms with Gasteiger partial charge >= 0.3 is 0 Å². The van der Waals surface area contributed by atoms with Gasteiger partial charge in [0, 0.05) is 25.2 Å². The summed E-state index contributed by atoms with van der Waals surface area (Å²) < 4.78 is 24.6. The second kappa shape index (κ2) is 10.6. The van der Waals surface area contributed by atoms with Gasteiger partial charge in [0.05, 0.1) is 12.8 Å². The zero-order valence-corrected chi connectivity index (χ0v) is 18.8. The summed E-state index contributed by atoms with van der Waals surface area (Å²) in [5.74, 6) is -0.828. The van der Waals surface area contributed by atoms with Gasteiger partial charge < -0.3 is 10.2 Å². The highest BCUT2D eigenvalue weighted by Crippen LogP contribution is 2.24. The minimum Gasteiger partial charge on any atom is -0.354 e. The average Bonchev–Trinajstić information content (AvgIpc) is 2.69. The van der Waals surface area contributed by atoms with E-state index in [1.807, 2.05) is 6.07 Å². The molecule has 2 aromatic carbocycles. The number of likely N-dealkylation sites (N-methyl/N-ethyl adjacent to an activating group) is 2. The van der Waals surface area contributed by atoms with Crippen LogP contribution in [0.2, 0.25) is 5.02 Å². The van der Waals surface area contributed by atoms with Crippen LogP contribution in [0, 0.1) is 0 Å². The molecular weight excluding hydrogens is 426 g/mol. The minimum atomic E-state index is -3.56. The molecule has 0 saturated heterocycles. The van der Waals surface area contributed by atoms with Crippen molar-refractivity contribution in [3.05, 3.63) is 70.7 Å². The lowest BCUT2D eigenvalue weighted by Gasteiger charge is -2.32. The van der Waals surface area contributed by atoms with Crippen LogP contribution in [0.25, 0.3) is 0 Å². The molecule has 0 bridgehead atoms. The second-order valence-electron chi connectivity index (χ2n) is 6.87. The smallest absolute Gasteiger partial charge is 0.247 e. The van der Waals surface area contributed by atoms with Crippen molar-refractivity contribution in [2.24, 2.45) is 0 Å². The number of nitrogens with one attached hydrogen (secondary N) is 1. The molecule has 0 aliphatic carbocycles. The maximum atomic E-state index is 13.2. The number of amides is 2. The van der Waals surface area contributed by atoms with E-state index in [9.17, 15) is 18.0 Å². The van der Waals surface area contributed by atoms with Gasteiger partial charge in [-0.2, -0.15) is 4.31 Å². The van der Waals surface area contributed by atoms with Crippen molar-refractivity contribution in [3.63, 3.8) is 0 Å². The van der Waals surface area contributed by atoms with Crippen molar-refractivity contribution < 1.29 is 18.0 Å². The fourth-order valence-electron chi connectivity index (χ4n) is 2.89. The summed E-state index contributed by atoms with van der Waals surface area (Å²) in [7, 11) is -2.23. The lowest BCUT2D eigenvalue weighted by atomic mass is 10.0. The Morgan fingerprint density at radius 2 is 1.67 bits per heavy atom.